The SMILES string of the molecule is CCCC(C)(CCC(=O)NCCOCCOCCNSc1cccc(C2CN(C)Cc3c(Cl)cc(Cl)cc32)c1)CC(C)O. The van der Waals surface area contributed by atoms with Crippen LogP contribution < -0.4 is 10.0 Å². The summed E-state index contributed by atoms with van der Waals surface area (Å²) in [6.45, 7) is 11.1. The maximum atomic E-state index is 12.2. The average Bonchev–Trinajstić information content (AvgIpc) is 2.95. The molecule has 0 saturated carbocycles. The second kappa shape index (κ2) is 18.6. The van der Waals surface area contributed by atoms with Crippen molar-refractivity contribution in [3.8, 4) is 0 Å². The monoisotopic (exact) mass is 653 g/mol. The number of aliphatic hydroxyl groups is 1. The molecule has 43 heavy (non-hydrogen) atoms. The molecular weight excluding hydrogens is 605 g/mol. The molecule has 0 aromatic heterocycles. The number of amides is 1. The van der Waals surface area contributed by atoms with Crippen LogP contribution in [0.5, 0.6) is 0 Å². The number of halogens is 2. The van der Waals surface area contributed by atoms with Gasteiger partial charge >= 0.3 is 0 Å². The van der Waals surface area contributed by atoms with Gasteiger partial charge in [0.25, 0.3) is 0 Å². The highest BCUT2D eigenvalue weighted by molar-refractivity contribution is 7.97. The van der Waals surface area contributed by atoms with Gasteiger partial charge in [-0.3, -0.25) is 9.52 Å². The number of rotatable bonds is 19. The van der Waals surface area contributed by atoms with E-state index in [2.05, 4.69) is 66.2 Å². The fourth-order valence-electron chi connectivity index (χ4n) is 5.91. The molecule has 0 saturated heterocycles. The third kappa shape index (κ3) is 12.5. The summed E-state index contributed by atoms with van der Waals surface area (Å²) in [5, 5.41) is 14.1. The minimum absolute atomic E-state index is 0.00481. The lowest BCUT2D eigenvalue weighted by atomic mass is 9.77. The smallest absolute Gasteiger partial charge is 0.220 e. The average molecular weight is 655 g/mol. The third-order valence-corrected chi connectivity index (χ3v) is 9.22. The van der Waals surface area contributed by atoms with E-state index < -0.39 is 0 Å². The number of nitrogens with zero attached hydrogens (tertiary/aromatic N) is 1. The van der Waals surface area contributed by atoms with E-state index >= 15 is 0 Å². The molecule has 240 valence electrons. The van der Waals surface area contributed by atoms with Gasteiger partial charge in [0.1, 0.15) is 0 Å². The molecule has 1 amide bonds. The van der Waals surface area contributed by atoms with E-state index in [9.17, 15) is 9.90 Å². The van der Waals surface area contributed by atoms with Gasteiger partial charge in [-0.25, -0.2) is 0 Å². The lowest BCUT2D eigenvalue weighted by Crippen LogP contribution is -2.31. The Kier molecular flexibility index (Phi) is 15.6. The molecule has 0 aliphatic carbocycles. The lowest BCUT2D eigenvalue weighted by molar-refractivity contribution is -0.122. The number of ether oxygens (including phenoxy) is 2. The molecule has 2 aromatic rings. The van der Waals surface area contributed by atoms with Crippen molar-refractivity contribution in [2.24, 2.45) is 5.41 Å². The first kappa shape index (κ1) is 36.1. The molecule has 1 aliphatic heterocycles. The van der Waals surface area contributed by atoms with Gasteiger partial charge in [0.15, 0.2) is 0 Å². The summed E-state index contributed by atoms with van der Waals surface area (Å²) < 4.78 is 14.7. The van der Waals surface area contributed by atoms with Gasteiger partial charge in [-0.2, -0.15) is 0 Å². The number of carbonyl (C=O) groups is 1. The van der Waals surface area contributed by atoms with Crippen molar-refractivity contribution in [1.29, 1.82) is 0 Å². The molecule has 0 fully saturated rings. The minimum Gasteiger partial charge on any atom is -0.393 e. The van der Waals surface area contributed by atoms with Crippen LogP contribution in [0.3, 0.4) is 0 Å². The Balaban J connectivity index is 1.27. The summed E-state index contributed by atoms with van der Waals surface area (Å²) in [5.41, 5.74) is 3.60. The number of carbonyl (C=O) groups excluding carboxylic acids is 1. The Bertz CT molecular complexity index is 1160. The van der Waals surface area contributed by atoms with Crippen LogP contribution in [0.25, 0.3) is 0 Å². The Morgan fingerprint density at radius 3 is 2.60 bits per heavy atom. The van der Waals surface area contributed by atoms with Crippen LogP contribution in [0.2, 0.25) is 10.0 Å². The molecule has 1 aliphatic rings. The van der Waals surface area contributed by atoms with Gasteiger partial charge in [-0.05, 0) is 91.6 Å². The number of likely N-dealkylation sites (N-methyl/N-ethyl adjacent to an activating group) is 1. The summed E-state index contributed by atoms with van der Waals surface area (Å²) in [7, 11) is 2.12. The maximum Gasteiger partial charge on any atom is 0.220 e. The topological polar surface area (TPSA) is 83.1 Å². The molecule has 7 nitrogen and oxygen atoms in total. The normalized spacial score (nSPS) is 17.3. The molecule has 10 heteroatoms. The van der Waals surface area contributed by atoms with Gasteiger partial charge in [-0.15, -0.1) is 0 Å². The quantitative estimate of drug-likeness (QED) is 0.115. The maximum absolute atomic E-state index is 12.2. The van der Waals surface area contributed by atoms with E-state index in [1.165, 1.54) is 11.1 Å². The highest BCUT2D eigenvalue weighted by atomic mass is 35.5. The highest BCUT2D eigenvalue weighted by Crippen LogP contribution is 2.39. The zero-order valence-corrected chi connectivity index (χ0v) is 28.4. The van der Waals surface area contributed by atoms with Gasteiger partial charge in [0.05, 0.1) is 32.5 Å². The Labute approximate surface area is 272 Å². The second-order valence-electron chi connectivity index (χ2n) is 12.0. The summed E-state index contributed by atoms with van der Waals surface area (Å²) in [4.78, 5) is 15.7. The fraction of sp³-hybridized carbons (Fsp3) is 0.606. The number of benzene rings is 2. The Morgan fingerprint density at radius 1 is 1.14 bits per heavy atom. The van der Waals surface area contributed by atoms with Crippen LogP contribution >= 0.6 is 35.1 Å². The lowest BCUT2D eigenvalue weighted by Gasteiger charge is -2.33. The van der Waals surface area contributed by atoms with Gasteiger partial charge < -0.3 is 24.8 Å². The molecule has 0 spiro atoms. The summed E-state index contributed by atoms with van der Waals surface area (Å²) in [6, 6.07) is 12.5. The van der Waals surface area contributed by atoms with Crippen molar-refractivity contribution >= 4 is 41.1 Å². The largest absolute Gasteiger partial charge is 0.393 e. The van der Waals surface area contributed by atoms with E-state index in [4.69, 9.17) is 32.7 Å². The van der Waals surface area contributed by atoms with Gasteiger partial charge in [0.2, 0.25) is 5.91 Å². The molecule has 3 rings (SSSR count). The predicted octanol–water partition coefficient (Wildman–Crippen LogP) is 6.67. The van der Waals surface area contributed by atoms with Crippen molar-refractivity contribution in [2.75, 3.05) is 53.1 Å². The molecule has 3 atom stereocenters. The number of aliphatic hydroxyl groups excluding tert-OH is 1. The van der Waals surface area contributed by atoms with E-state index in [1.54, 1.807) is 11.9 Å². The van der Waals surface area contributed by atoms with E-state index in [0.717, 1.165) is 54.3 Å². The summed E-state index contributed by atoms with van der Waals surface area (Å²) >= 11 is 14.5. The number of nitrogens with one attached hydrogen (secondary N) is 2. The van der Waals surface area contributed by atoms with Crippen molar-refractivity contribution in [3.63, 3.8) is 0 Å². The Hall–Kier alpha value is -1.36. The number of hydrogen-bond acceptors (Lipinski definition) is 7. The minimum atomic E-state index is -0.351. The molecule has 3 N–H and O–H groups in total. The molecule has 0 bridgehead atoms. The van der Waals surface area contributed by atoms with Crippen LogP contribution in [0, 0.1) is 5.41 Å². The standard InChI is InChI=1S/C33H49Cl2N3O4S/c1-5-10-33(3,21-24(2)39)11-9-32(40)36-12-14-41-16-17-42-15-13-37-43-27-8-6-7-25(18-27)29-22-38(4)23-30-28(29)19-26(34)20-31(30)35/h6-8,18-20,24,29,37,39H,5,9-17,21-23H2,1-4H3,(H,36,40). The zero-order chi connectivity index (χ0) is 31.2. The third-order valence-electron chi connectivity index (χ3n) is 7.83. The molecule has 1 heterocycles. The molecule has 3 unspecified atom stereocenters. The van der Waals surface area contributed by atoms with Crippen LogP contribution in [0.15, 0.2) is 41.3 Å². The van der Waals surface area contributed by atoms with E-state index in [-0.39, 0.29) is 23.3 Å². The van der Waals surface area contributed by atoms with E-state index in [0.29, 0.717) is 51.0 Å². The first-order chi connectivity index (χ1) is 20.6. The number of fused-ring (bicyclic) bond motifs is 1. The van der Waals surface area contributed by atoms with Gasteiger partial charge in [0, 0.05) is 53.5 Å². The molecule has 0 radical (unpaired) electrons. The summed E-state index contributed by atoms with van der Waals surface area (Å²) in [6.07, 6.45) is 3.67. The van der Waals surface area contributed by atoms with Crippen LogP contribution in [-0.4, -0.2) is 75.1 Å². The zero-order valence-electron chi connectivity index (χ0n) is 26.1. The fourth-order valence-corrected chi connectivity index (χ4v) is 7.17. The molecular formula is C33H49Cl2N3O4S. The second-order valence-corrected chi connectivity index (χ2v) is 13.8. The van der Waals surface area contributed by atoms with Gasteiger partial charge in [-0.1, -0.05) is 55.6 Å². The molecule has 2 aromatic carbocycles. The van der Waals surface area contributed by atoms with Crippen molar-refractivity contribution in [3.05, 3.63) is 63.1 Å². The van der Waals surface area contributed by atoms with Crippen LogP contribution in [-0.2, 0) is 20.8 Å². The Morgan fingerprint density at radius 2 is 1.88 bits per heavy atom. The van der Waals surface area contributed by atoms with Crippen LogP contribution in [0.1, 0.15) is 75.5 Å². The van der Waals surface area contributed by atoms with E-state index in [1.807, 2.05) is 13.0 Å². The highest BCUT2D eigenvalue weighted by Gasteiger charge is 2.28. The first-order valence-electron chi connectivity index (χ1n) is 15.4. The first-order valence-corrected chi connectivity index (χ1v) is 16.9. The van der Waals surface area contributed by atoms with Crippen molar-refractivity contribution in [1.82, 2.24) is 14.9 Å². The van der Waals surface area contributed by atoms with Crippen LogP contribution in [0.4, 0.5) is 0 Å². The summed E-state index contributed by atoms with van der Waals surface area (Å²) in [5.74, 6) is 0.246. The number of hydrogen-bond donors (Lipinski definition) is 3. The predicted molar refractivity (Wildman–Crippen MR) is 178 cm³/mol. The van der Waals surface area contributed by atoms with Crippen molar-refractivity contribution < 1.29 is 19.4 Å². The van der Waals surface area contributed by atoms with Crippen molar-refractivity contribution in [2.45, 2.75) is 76.3 Å².